The summed E-state index contributed by atoms with van der Waals surface area (Å²) in [7, 11) is 0. The van der Waals surface area contributed by atoms with Crippen molar-refractivity contribution in [1.82, 2.24) is 0 Å². The minimum absolute atomic E-state index is 1.22. The number of benzene rings is 1. The van der Waals surface area contributed by atoms with E-state index < -0.39 is 0 Å². The lowest BCUT2D eigenvalue weighted by molar-refractivity contribution is 1.20. The molecule has 11 heavy (non-hydrogen) atoms. The number of aryl methyl sites for hydroxylation is 1. The second-order valence-electron chi connectivity index (χ2n) is 3.05. The monoisotopic (exact) mass is 212 g/mol. The van der Waals surface area contributed by atoms with Gasteiger partial charge in [0.05, 0.1) is 0 Å². The van der Waals surface area contributed by atoms with Crippen molar-refractivity contribution in [2.75, 3.05) is 0 Å². The highest BCUT2D eigenvalue weighted by Gasteiger charge is 2.03. The molecular weight excluding hydrogens is 200 g/mol. The smallest absolute Gasteiger partial charge is 0.0209 e. The third-order valence-electron chi connectivity index (χ3n) is 2.42. The maximum Gasteiger partial charge on any atom is 0.0209 e. The van der Waals surface area contributed by atoms with Gasteiger partial charge in [0.1, 0.15) is 0 Å². The van der Waals surface area contributed by atoms with Gasteiger partial charge in [0.15, 0.2) is 0 Å². The molecule has 1 heteroatoms. The van der Waals surface area contributed by atoms with E-state index in [1.807, 2.05) is 0 Å². The lowest BCUT2D eigenvalue weighted by Gasteiger charge is -2.09. The molecule has 0 aliphatic rings. The number of hydrogen-bond donors (Lipinski definition) is 0. The molecule has 0 heterocycles. The SMILES string of the molecule is Cc1cc(Br)c(C)c(C)c1C. The van der Waals surface area contributed by atoms with Crippen molar-refractivity contribution in [2.45, 2.75) is 27.7 Å². The predicted octanol–water partition coefficient (Wildman–Crippen LogP) is 3.68. The molecule has 0 aromatic heterocycles. The Bertz CT molecular complexity index is 261. The molecule has 0 aliphatic carbocycles. The summed E-state index contributed by atoms with van der Waals surface area (Å²) in [5.74, 6) is 0. The Kier molecular flexibility index (Phi) is 2.38. The maximum absolute atomic E-state index is 3.53. The molecule has 0 spiro atoms. The van der Waals surface area contributed by atoms with Gasteiger partial charge >= 0.3 is 0 Å². The first-order chi connectivity index (χ1) is 5.04. The van der Waals surface area contributed by atoms with Crippen LogP contribution in [0.4, 0.5) is 0 Å². The van der Waals surface area contributed by atoms with Crippen LogP contribution in [0.3, 0.4) is 0 Å². The fourth-order valence-electron chi connectivity index (χ4n) is 1.16. The molecule has 0 radical (unpaired) electrons. The summed E-state index contributed by atoms with van der Waals surface area (Å²) in [6.45, 7) is 8.63. The summed E-state index contributed by atoms with van der Waals surface area (Å²) in [6, 6.07) is 2.18. The summed E-state index contributed by atoms with van der Waals surface area (Å²) < 4.78 is 1.22. The first kappa shape index (κ1) is 8.79. The summed E-state index contributed by atoms with van der Waals surface area (Å²) >= 11 is 3.53. The standard InChI is InChI=1S/C10H13Br/c1-6-5-10(11)9(4)8(3)7(6)2/h5H,1-4H3. The van der Waals surface area contributed by atoms with Crippen LogP contribution in [-0.2, 0) is 0 Å². The Labute approximate surface area is 76.8 Å². The highest BCUT2D eigenvalue weighted by Crippen LogP contribution is 2.24. The van der Waals surface area contributed by atoms with Crippen molar-refractivity contribution < 1.29 is 0 Å². The van der Waals surface area contributed by atoms with E-state index >= 15 is 0 Å². The Hall–Kier alpha value is -0.300. The third kappa shape index (κ3) is 1.48. The van der Waals surface area contributed by atoms with Crippen molar-refractivity contribution in [1.29, 1.82) is 0 Å². The lowest BCUT2D eigenvalue weighted by Crippen LogP contribution is -1.91. The van der Waals surface area contributed by atoms with Crippen LogP contribution in [0.5, 0.6) is 0 Å². The molecule has 1 aromatic carbocycles. The molecular formula is C10H13Br. The minimum Gasteiger partial charge on any atom is -0.0505 e. The predicted molar refractivity (Wildman–Crippen MR) is 53.1 cm³/mol. The molecule has 1 rings (SSSR count). The van der Waals surface area contributed by atoms with E-state index in [9.17, 15) is 0 Å². The normalized spacial score (nSPS) is 10.3. The molecule has 0 N–H and O–H groups in total. The molecule has 0 saturated heterocycles. The van der Waals surface area contributed by atoms with Crippen molar-refractivity contribution in [3.63, 3.8) is 0 Å². The van der Waals surface area contributed by atoms with Gasteiger partial charge in [-0.1, -0.05) is 15.9 Å². The molecule has 0 amide bonds. The summed E-state index contributed by atoms with van der Waals surface area (Å²) in [5, 5.41) is 0. The van der Waals surface area contributed by atoms with Crippen LogP contribution >= 0.6 is 15.9 Å². The molecule has 0 nitrogen and oxygen atoms in total. The highest BCUT2D eigenvalue weighted by molar-refractivity contribution is 9.10. The van der Waals surface area contributed by atoms with Crippen LogP contribution in [0, 0.1) is 27.7 Å². The first-order valence-corrected chi connectivity index (χ1v) is 4.56. The van der Waals surface area contributed by atoms with Gasteiger partial charge in [-0.05, 0) is 56.0 Å². The van der Waals surface area contributed by atoms with Crippen molar-refractivity contribution in [3.8, 4) is 0 Å². The van der Waals surface area contributed by atoms with Crippen LogP contribution in [0.1, 0.15) is 22.3 Å². The molecule has 0 aliphatic heterocycles. The summed E-state index contributed by atoms with van der Waals surface area (Å²) in [4.78, 5) is 0. The summed E-state index contributed by atoms with van der Waals surface area (Å²) in [5.41, 5.74) is 5.52. The van der Waals surface area contributed by atoms with E-state index in [2.05, 4.69) is 49.7 Å². The topological polar surface area (TPSA) is 0 Å². The van der Waals surface area contributed by atoms with Gasteiger partial charge in [0.25, 0.3) is 0 Å². The molecule has 1 aromatic rings. The largest absolute Gasteiger partial charge is 0.0505 e. The third-order valence-corrected chi connectivity index (χ3v) is 3.24. The first-order valence-electron chi connectivity index (χ1n) is 3.77. The zero-order valence-corrected chi connectivity index (χ0v) is 9.04. The van der Waals surface area contributed by atoms with E-state index in [0.29, 0.717) is 0 Å². The van der Waals surface area contributed by atoms with Gasteiger partial charge in [-0.2, -0.15) is 0 Å². The number of hydrogen-bond acceptors (Lipinski definition) is 0. The second kappa shape index (κ2) is 2.98. The Morgan fingerprint density at radius 1 is 0.909 bits per heavy atom. The van der Waals surface area contributed by atoms with Crippen LogP contribution in [0.2, 0.25) is 0 Å². The van der Waals surface area contributed by atoms with Crippen LogP contribution in [0.25, 0.3) is 0 Å². The fourth-order valence-corrected chi connectivity index (χ4v) is 1.80. The molecule has 0 atom stereocenters. The van der Waals surface area contributed by atoms with Crippen molar-refractivity contribution >= 4 is 15.9 Å². The van der Waals surface area contributed by atoms with E-state index in [4.69, 9.17) is 0 Å². The number of rotatable bonds is 0. The van der Waals surface area contributed by atoms with Gasteiger partial charge in [-0.15, -0.1) is 0 Å². The van der Waals surface area contributed by atoms with Gasteiger partial charge < -0.3 is 0 Å². The Morgan fingerprint density at radius 3 is 2.00 bits per heavy atom. The zero-order valence-electron chi connectivity index (χ0n) is 7.46. The molecule has 0 unspecified atom stereocenters. The molecule has 0 saturated carbocycles. The van der Waals surface area contributed by atoms with Crippen LogP contribution in [-0.4, -0.2) is 0 Å². The maximum atomic E-state index is 3.53. The average Bonchev–Trinajstić information content (AvgIpc) is 1.97. The van der Waals surface area contributed by atoms with Gasteiger partial charge in [-0.25, -0.2) is 0 Å². The van der Waals surface area contributed by atoms with E-state index in [-0.39, 0.29) is 0 Å². The Balaban J connectivity index is 3.46. The van der Waals surface area contributed by atoms with Crippen molar-refractivity contribution in [2.24, 2.45) is 0 Å². The molecule has 60 valence electrons. The quantitative estimate of drug-likeness (QED) is 0.616. The van der Waals surface area contributed by atoms with E-state index in [0.717, 1.165) is 0 Å². The molecule has 0 fully saturated rings. The van der Waals surface area contributed by atoms with Crippen LogP contribution in [0.15, 0.2) is 10.5 Å². The minimum atomic E-state index is 1.22. The van der Waals surface area contributed by atoms with Gasteiger partial charge in [-0.3, -0.25) is 0 Å². The Morgan fingerprint density at radius 2 is 1.45 bits per heavy atom. The zero-order chi connectivity index (χ0) is 8.59. The summed E-state index contributed by atoms with van der Waals surface area (Å²) in [6.07, 6.45) is 0. The van der Waals surface area contributed by atoms with Gasteiger partial charge in [0.2, 0.25) is 0 Å². The van der Waals surface area contributed by atoms with E-state index in [1.54, 1.807) is 0 Å². The number of halogens is 1. The van der Waals surface area contributed by atoms with E-state index in [1.165, 1.54) is 26.7 Å². The fraction of sp³-hybridized carbons (Fsp3) is 0.400. The highest BCUT2D eigenvalue weighted by atomic mass is 79.9. The lowest BCUT2D eigenvalue weighted by atomic mass is 10.0. The van der Waals surface area contributed by atoms with Gasteiger partial charge in [0, 0.05) is 4.47 Å². The second-order valence-corrected chi connectivity index (χ2v) is 3.90. The van der Waals surface area contributed by atoms with Crippen LogP contribution < -0.4 is 0 Å². The average molecular weight is 213 g/mol. The molecule has 0 bridgehead atoms. The van der Waals surface area contributed by atoms with Crippen molar-refractivity contribution in [3.05, 3.63) is 32.8 Å².